The van der Waals surface area contributed by atoms with Crippen molar-refractivity contribution in [3.63, 3.8) is 0 Å². The van der Waals surface area contributed by atoms with E-state index in [1.54, 1.807) is 0 Å². The van der Waals surface area contributed by atoms with E-state index in [4.69, 9.17) is 4.98 Å². The molecule has 0 unspecified atom stereocenters. The maximum atomic E-state index is 4.70. The van der Waals surface area contributed by atoms with E-state index in [1.165, 1.54) is 37.2 Å². The molecule has 2 atom stereocenters. The van der Waals surface area contributed by atoms with Crippen molar-refractivity contribution < 1.29 is 0 Å². The Morgan fingerprint density at radius 2 is 2.00 bits per heavy atom. The average molecular weight is 322 g/mol. The summed E-state index contributed by atoms with van der Waals surface area (Å²) in [6.45, 7) is 7.68. The first-order valence-electron chi connectivity index (χ1n) is 9.04. The third-order valence-electron chi connectivity index (χ3n) is 5.34. The Balaban J connectivity index is 1.44. The fraction of sp³-hybridized carbons (Fsp3) is 0.500. The van der Waals surface area contributed by atoms with Crippen molar-refractivity contribution in [3.05, 3.63) is 59.7 Å². The van der Waals surface area contributed by atoms with Crippen LogP contribution in [0.3, 0.4) is 0 Å². The van der Waals surface area contributed by atoms with Crippen LogP contribution in [0, 0.1) is 12.8 Å². The van der Waals surface area contributed by atoms with Gasteiger partial charge in [-0.1, -0.05) is 12.1 Å². The van der Waals surface area contributed by atoms with Crippen LogP contribution in [0.15, 0.2) is 42.7 Å². The van der Waals surface area contributed by atoms with Crippen molar-refractivity contribution in [1.82, 2.24) is 19.8 Å². The highest BCUT2D eigenvalue weighted by atomic mass is 15.3. The number of aromatic nitrogens is 2. The van der Waals surface area contributed by atoms with Crippen LogP contribution >= 0.6 is 0 Å². The zero-order valence-electron chi connectivity index (χ0n) is 14.4. The highest BCUT2D eigenvalue weighted by molar-refractivity contribution is 5.11. The van der Waals surface area contributed by atoms with E-state index in [9.17, 15) is 0 Å². The van der Waals surface area contributed by atoms with Gasteiger partial charge in [0.05, 0.1) is 5.69 Å². The Hall–Kier alpha value is -1.78. The minimum atomic E-state index is 0.655. The monoisotopic (exact) mass is 322 g/mol. The van der Waals surface area contributed by atoms with Gasteiger partial charge in [-0.15, -0.1) is 0 Å². The molecule has 0 radical (unpaired) electrons. The van der Waals surface area contributed by atoms with Gasteiger partial charge in [0, 0.05) is 56.9 Å². The van der Waals surface area contributed by atoms with Gasteiger partial charge in [0.15, 0.2) is 0 Å². The quantitative estimate of drug-likeness (QED) is 0.866. The standard InChI is InChI=1S/C20H26N4/c1-16-4-2-6-19(22-16)14-24-13-18-7-8-20(24)15-23(12-18)11-17-5-3-9-21-10-17/h2-6,9-10,18,20H,7-8,11-15H2,1H3/t18-,20+/m0/s1. The van der Waals surface area contributed by atoms with Crippen LogP contribution in [0.25, 0.3) is 0 Å². The molecule has 0 aliphatic carbocycles. The zero-order chi connectivity index (χ0) is 16.4. The largest absolute Gasteiger partial charge is 0.297 e. The minimum Gasteiger partial charge on any atom is -0.297 e. The number of aryl methyl sites for hydroxylation is 1. The van der Waals surface area contributed by atoms with E-state index in [0.717, 1.165) is 31.2 Å². The van der Waals surface area contributed by atoms with Crippen molar-refractivity contribution in [3.8, 4) is 0 Å². The lowest BCUT2D eigenvalue weighted by molar-refractivity contribution is 0.121. The number of hydrogen-bond acceptors (Lipinski definition) is 4. The summed E-state index contributed by atoms with van der Waals surface area (Å²) in [6.07, 6.45) is 6.54. The molecule has 126 valence electrons. The summed E-state index contributed by atoms with van der Waals surface area (Å²) in [7, 11) is 0. The summed E-state index contributed by atoms with van der Waals surface area (Å²) < 4.78 is 0. The molecule has 3 saturated heterocycles. The summed E-state index contributed by atoms with van der Waals surface area (Å²) in [5, 5.41) is 0. The van der Waals surface area contributed by atoms with Crippen LogP contribution in [0.1, 0.15) is 29.8 Å². The fourth-order valence-electron chi connectivity index (χ4n) is 4.24. The van der Waals surface area contributed by atoms with Crippen LogP contribution in [0.2, 0.25) is 0 Å². The molecule has 0 saturated carbocycles. The molecule has 2 aromatic heterocycles. The Labute approximate surface area is 144 Å². The maximum Gasteiger partial charge on any atom is 0.0547 e. The summed E-state index contributed by atoms with van der Waals surface area (Å²) in [4.78, 5) is 14.3. The average Bonchev–Trinajstić information content (AvgIpc) is 2.86. The van der Waals surface area contributed by atoms with Crippen molar-refractivity contribution >= 4 is 0 Å². The highest BCUT2D eigenvalue weighted by Gasteiger charge is 2.34. The van der Waals surface area contributed by atoms with Crippen LogP contribution in [-0.2, 0) is 13.1 Å². The van der Waals surface area contributed by atoms with Gasteiger partial charge >= 0.3 is 0 Å². The van der Waals surface area contributed by atoms with Gasteiger partial charge in [0.2, 0.25) is 0 Å². The lowest BCUT2D eigenvalue weighted by Gasteiger charge is -2.36. The summed E-state index contributed by atoms with van der Waals surface area (Å²) in [6, 6.07) is 11.3. The molecule has 5 rings (SSSR count). The summed E-state index contributed by atoms with van der Waals surface area (Å²) in [5.41, 5.74) is 3.65. The van der Waals surface area contributed by atoms with Gasteiger partial charge < -0.3 is 0 Å². The predicted octanol–water partition coefficient (Wildman–Crippen LogP) is 2.88. The van der Waals surface area contributed by atoms with Gasteiger partial charge in [0.25, 0.3) is 0 Å². The van der Waals surface area contributed by atoms with E-state index in [0.29, 0.717) is 6.04 Å². The molecule has 0 aromatic carbocycles. The number of rotatable bonds is 4. The fourth-order valence-corrected chi connectivity index (χ4v) is 4.24. The van der Waals surface area contributed by atoms with E-state index in [1.807, 2.05) is 18.5 Å². The molecular weight excluding hydrogens is 296 g/mol. The number of hydrogen-bond donors (Lipinski definition) is 0. The van der Waals surface area contributed by atoms with Crippen LogP contribution < -0.4 is 0 Å². The van der Waals surface area contributed by atoms with Crippen LogP contribution in [-0.4, -0.2) is 45.4 Å². The first-order chi connectivity index (χ1) is 11.8. The van der Waals surface area contributed by atoms with Crippen LogP contribution in [0.5, 0.6) is 0 Å². The lowest BCUT2D eigenvalue weighted by Crippen LogP contribution is -2.43. The second kappa shape index (κ2) is 6.99. The summed E-state index contributed by atoms with van der Waals surface area (Å²) >= 11 is 0. The Bertz CT molecular complexity index is 672. The van der Waals surface area contributed by atoms with Crippen LogP contribution in [0.4, 0.5) is 0 Å². The molecule has 4 heteroatoms. The molecule has 0 amide bonds. The van der Waals surface area contributed by atoms with Crippen molar-refractivity contribution in [2.75, 3.05) is 19.6 Å². The second-order valence-electron chi connectivity index (χ2n) is 7.35. The molecule has 2 aromatic rings. The maximum absolute atomic E-state index is 4.70. The number of fused-ring (bicyclic) bond motifs is 4. The van der Waals surface area contributed by atoms with Gasteiger partial charge in [0.1, 0.15) is 0 Å². The van der Waals surface area contributed by atoms with Gasteiger partial charge in [-0.3, -0.25) is 19.8 Å². The summed E-state index contributed by atoms with van der Waals surface area (Å²) in [5.74, 6) is 0.783. The van der Waals surface area contributed by atoms with Crippen molar-refractivity contribution in [2.24, 2.45) is 5.92 Å². The molecule has 5 heterocycles. The van der Waals surface area contributed by atoms with E-state index < -0.39 is 0 Å². The third kappa shape index (κ3) is 3.65. The van der Waals surface area contributed by atoms with Gasteiger partial charge in [-0.05, 0) is 49.4 Å². The Morgan fingerprint density at radius 1 is 1.04 bits per heavy atom. The smallest absolute Gasteiger partial charge is 0.0547 e. The molecule has 3 aliphatic rings. The molecule has 0 spiro atoms. The molecule has 24 heavy (non-hydrogen) atoms. The molecular formula is C20H26N4. The lowest BCUT2D eigenvalue weighted by atomic mass is 9.95. The normalized spacial score (nSPS) is 24.9. The first-order valence-corrected chi connectivity index (χ1v) is 9.04. The first kappa shape index (κ1) is 15.7. The van der Waals surface area contributed by atoms with Crippen molar-refractivity contribution in [1.29, 1.82) is 0 Å². The third-order valence-corrected chi connectivity index (χ3v) is 5.34. The predicted molar refractivity (Wildman–Crippen MR) is 95.4 cm³/mol. The molecule has 0 N–H and O–H groups in total. The van der Waals surface area contributed by atoms with E-state index in [-0.39, 0.29) is 0 Å². The molecule has 3 aliphatic heterocycles. The van der Waals surface area contributed by atoms with Crippen molar-refractivity contribution in [2.45, 2.75) is 38.9 Å². The zero-order valence-corrected chi connectivity index (χ0v) is 14.4. The van der Waals surface area contributed by atoms with E-state index in [2.05, 4.69) is 46.0 Å². The molecule has 3 fully saturated rings. The topological polar surface area (TPSA) is 32.3 Å². The Morgan fingerprint density at radius 3 is 2.83 bits per heavy atom. The van der Waals surface area contributed by atoms with Gasteiger partial charge in [-0.25, -0.2) is 0 Å². The molecule has 4 nitrogen and oxygen atoms in total. The second-order valence-corrected chi connectivity index (χ2v) is 7.35. The molecule has 2 bridgehead atoms. The number of piperidine rings is 1. The number of pyridine rings is 2. The SMILES string of the molecule is Cc1cccc(CN2C[C@H]3CC[C@@H]2CN(Cc2cccnc2)C3)n1. The Kier molecular flexibility index (Phi) is 4.58. The highest BCUT2D eigenvalue weighted by Crippen LogP contribution is 2.29. The number of nitrogens with zero attached hydrogens (tertiary/aromatic N) is 4. The van der Waals surface area contributed by atoms with Gasteiger partial charge in [-0.2, -0.15) is 0 Å². The minimum absolute atomic E-state index is 0.655. The van der Waals surface area contributed by atoms with E-state index >= 15 is 0 Å².